The van der Waals surface area contributed by atoms with Crippen LogP contribution in [0.5, 0.6) is 0 Å². The van der Waals surface area contributed by atoms with Gasteiger partial charge >= 0.3 is 39.9 Å². The van der Waals surface area contributed by atoms with Crippen molar-refractivity contribution in [2.75, 3.05) is 0 Å². The second kappa shape index (κ2) is 5.50. The molecule has 0 fully saturated rings. The van der Waals surface area contributed by atoms with E-state index in [0.717, 1.165) is 0 Å². The average molecular weight is 191 g/mol. The van der Waals surface area contributed by atoms with Crippen LogP contribution in [0.15, 0.2) is 0 Å². The monoisotopic (exact) mass is 191 g/mol. The van der Waals surface area contributed by atoms with E-state index >= 15 is 0 Å². The van der Waals surface area contributed by atoms with E-state index in [2.05, 4.69) is 9.32 Å². The van der Waals surface area contributed by atoms with Gasteiger partial charge in [-0.05, 0) is 12.8 Å². The first-order valence-corrected chi connectivity index (χ1v) is 4.51. The van der Waals surface area contributed by atoms with Crippen LogP contribution in [0, 0.1) is 5.92 Å². The summed E-state index contributed by atoms with van der Waals surface area (Å²) in [4.78, 5) is 0. The van der Waals surface area contributed by atoms with Gasteiger partial charge in [0, 0.05) is 0 Å². The Morgan fingerprint density at radius 3 is 1.82 bits per heavy atom. The van der Waals surface area contributed by atoms with Gasteiger partial charge in [0.15, 0.2) is 0 Å². The number of hydrogen-bond acceptors (Lipinski definition) is 3. The normalized spacial score (nSPS) is 14.3. The molecule has 0 heterocycles. The number of hydrogen-bond donors (Lipinski definition) is 1. The van der Waals surface area contributed by atoms with E-state index in [1.54, 1.807) is 6.92 Å². The SMILES string of the molecule is CC(C)C(C)OS(N)(=O)=O.[H-].[Na+]. The second-order valence-corrected chi connectivity index (χ2v) is 3.72. The Hall–Kier alpha value is 0.870. The molecule has 6 heteroatoms. The van der Waals surface area contributed by atoms with Gasteiger partial charge in [0.05, 0.1) is 6.10 Å². The summed E-state index contributed by atoms with van der Waals surface area (Å²) in [7, 11) is -3.77. The maximum absolute atomic E-state index is 10.3. The van der Waals surface area contributed by atoms with Crippen molar-refractivity contribution >= 4 is 10.3 Å². The molecule has 2 N–H and O–H groups in total. The predicted octanol–water partition coefficient (Wildman–Crippen LogP) is -2.63. The summed E-state index contributed by atoms with van der Waals surface area (Å²) in [6.45, 7) is 5.38. The fraction of sp³-hybridized carbons (Fsp3) is 1.00. The maximum atomic E-state index is 10.3. The van der Waals surface area contributed by atoms with E-state index in [1.165, 1.54) is 0 Å². The minimum absolute atomic E-state index is 0. The molecule has 0 aliphatic carbocycles. The summed E-state index contributed by atoms with van der Waals surface area (Å²) in [5.41, 5.74) is 0. The fourth-order valence-corrected chi connectivity index (χ4v) is 0.968. The molecule has 0 aromatic rings. The van der Waals surface area contributed by atoms with Gasteiger partial charge in [0.1, 0.15) is 0 Å². The second-order valence-electron chi connectivity index (χ2n) is 2.54. The van der Waals surface area contributed by atoms with Gasteiger partial charge in [-0.1, -0.05) is 13.8 Å². The first-order chi connectivity index (χ1) is 4.33. The quantitative estimate of drug-likeness (QED) is 0.496. The Bertz CT molecular complexity index is 195. The van der Waals surface area contributed by atoms with Crippen molar-refractivity contribution in [1.29, 1.82) is 0 Å². The Balaban J connectivity index is -0.000000405. The van der Waals surface area contributed by atoms with Gasteiger partial charge in [-0.15, -0.1) is 0 Å². The molecule has 0 aliphatic heterocycles. The topological polar surface area (TPSA) is 69.4 Å². The molecule has 0 amide bonds. The standard InChI is InChI=1S/C5H13NO3S.Na.H/c1-4(2)5(3)9-10(6,7)8;;/h4-5H,1-3H3,(H2,6,7,8);;/q;+1;-1. The van der Waals surface area contributed by atoms with Crippen molar-refractivity contribution in [1.82, 2.24) is 0 Å². The Kier molecular flexibility index (Phi) is 7.20. The molecule has 0 aromatic heterocycles. The zero-order valence-corrected chi connectivity index (χ0v) is 10.2. The van der Waals surface area contributed by atoms with Crippen LogP contribution in [0.25, 0.3) is 0 Å². The molecule has 0 spiro atoms. The van der Waals surface area contributed by atoms with E-state index in [-0.39, 0.29) is 43.0 Å². The summed E-state index contributed by atoms with van der Waals surface area (Å²) in [5.74, 6) is 0.151. The van der Waals surface area contributed by atoms with E-state index in [0.29, 0.717) is 0 Å². The number of rotatable bonds is 3. The molecule has 0 aromatic carbocycles. The zero-order chi connectivity index (χ0) is 8.36. The van der Waals surface area contributed by atoms with Gasteiger partial charge in [0.2, 0.25) is 0 Å². The fourth-order valence-electron chi connectivity index (χ4n) is 0.323. The van der Waals surface area contributed by atoms with Crippen molar-refractivity contribution in [2.45, 2.75) is 26.9 Å². The molecular formula is C5H14NNaO3S. The van der Waals surface area contributed by atoms with Gasteiger partial charge in [-0.25, -0.2) is 5.14 Å². The summed E-state index contributed by atoms with van der Waals surface area (Å²) < 4.78 is 25.1. The van der Waals surface area contributed by atoms with E-state index in [9.17, 15) is 8.42 Å². The van der Waals surface area contributed by atoms with Crippen molar-refractivity contribution < 1.29 is 43.6 Å². The molecule has 64 valence electrons. The summed E-state index contributed by atoms with van der Waals surface area (Å²) in [6.07, 6.45) is -0.352. The summed E-state index contributed by atoms with van der Waals surface area (Å²) in [5, 5.41) is 4.62. The number of nitrogens with two attached hydrogens (primary N) is 1. The molecule has 0 radical (unpaired) electrons. The Morgan fingerprint density at radius 2 is 1.73 bits per heavy atom. The Labute approximate surface area is 91.5 Å². The van der Waals surface area contributed by atoms with E-state index in [1.807, 2.05) is 13.8 Å². The van der Waals surface area contributed by atoms with Crippen molar-refractivity contribution in [2.24, 2.45) is 11.1 Å². The summed E-state index contributed by atoms with van der Waals surface area (Å²) >= 11 is 0. The van der Waals surface area contributed by atoms with Crippen LogP contribution in [0.3, 0.4) is 0 Å². The molecule has 0 bridgehead atoms. The largest absolute Gasteiger partial charge is 1.00 e. The molecule has 4 nitrogen and oxygen atoms in total. The van der Waals surface area contributed by atoms with Gasteiger partial charge in [-0.2, -0.15) is 8.42 Å². The molecular weight excluding hydrogens is 177 g/mol. The van der Waals surface area contributed by atoms with Crippen LogP contribution in [0.2, 0.25) is 0 Å². The molecule has 1 unspecified atom stereocenters. The third-order valence-corrected chi connectivity index (χ3v) is 1.80. The molecule has 1 atom stereocenters. The predicted molar refractivity (Wildman–Crippen MR) is 39.6 cm³/mol. The van der Waals surface area contributed by atoms with Crippen LogP contribution >= 0.6 is 0 Å². The molecule has 0 aliphatic rings. The van der Waals surface area contributed by atoms with Crippen molar-refractivity contribution in [3.8, 4) is 0 Å². The Morgan fingerprint density at radius 1 is 1.36 bits per heavy atom. The smallest absolute Gasteiger partial charge is 1.00 e. The van der Waals surface area contributed by atoms with Crippen LogP contribution in [-0.4, -0.2) is 14.5 Å². The molecule has 0 saturated carbocycles. The average Bonchev–Trinajstić information content (AvgIpc) is 1.60. The van der Waals surface area contributed by atoms with Gasteiger partial charge in [-0.3, -0.25) is 4.18 Å². The van der Waals surface area contributed by atoms with Gasteiger partial charge < -0.3 is 1.43 Å². The van der Waals surface area contributed by atoms with Crippen LogP contribution in [-0.2, 0) is 14.5 Å². The molecule has 0 saturated heterocycles. The summed E-state index contributed by atoms with van der Waals surface area (Å²) in [6, 6.07) is 0. The maximum Gasteiger partial charge on any atom is 1.00 e. The van der Waals surface area contributed by atoms with Gasteiger partial charge in [0.25, 0.3) is 0 Å². The minimum Gasteiger partial charge on any atom is -1.00 e. The first-order valence-electron chi connectivity index (χ1n) is 3.04. The van der Waals surface area contributed by atoms with Crippen molar-refractivity contribution in [3.05, 3.63) is 0 Å². The molecule has 11 heavy (non-hydrogen) atoms. The van der Waals surface area contributed by atoms with Crippen molar-refractivity contribution in [3.63, 3.8) is 0 Å². The van der Waals surface area contributed by atoms with Crippen LogP contribution in [0.1, 0.15) is 22.2 Å². The van der Waals surface area contributed by atoms with Crippen LogP contribution in [0.4, 0.5) is 0 Å². The zero-order valence-electron chi connectivity index (χ0n) is 8.37. The minimum atomic E-state index is -3.77. The van der Waals surface area contributed by atoms with Crippen LogP contribution < -0.4 is 34.7 Å². The first kappa shape index (κ1) is 14.4. The third kappa shape index (κ3) is 8.78. The van der Waals surface area contributed by atoms with E-state index in [4.69, 9.17) is 0 Å². The molecule has 0 rings (SSSR count). The van der Waals surface area contributed by atoms with E-state index < -0.39 is 10.3 Å². The third-order valence-electron chi connectivity index (χ3n) is 1.22.